The van der Waals surface area contributed by atoms with Crippen molar-refractivity contribution in [3.8, 4) is 11.5 Å². The Kier molecular flexibility index (Phi) is 6.74. The molecule has 2 aromatic carbocycles. The maximum Gasteiger partial charge on any atom is 0.338 e. The molecular formula is C17H20N2O4. The van der Waals surface area contributed by atoms with E-state index in [4.69, 9.17) is 14.3 Å². The van der Waals surface area contributed by atoms with Gasteiger partial charge in [-0.15, -0.1) is 0 Å². The first-order valence-corrected chi connectivity index (χ1v) is 7.24. The molecular weight excluding hydrogens is 296 g/mol. The van der Waals surface area contributed by atoms with Gasteiger partial charge in [0.25, 0.3) is 0 Å². The predicted molar refractivity (Wildman–Crippen MR) is 86.3 cm³/mol. The van der Waals surface area contributed by atoms with Gasteiger partial charge in [-0.25, -0.2) is 10.3 Å². The van der Waals surface area contributed by atoms with E-state index in [1.165, 1.54) is 0 Å². The van der Waals surface area contributed by atoms with Crippen LogP contribution >= 0.6 is 0 Å². The number of carbonyl (C=O) groups excluding carboxylic acids is 1. The molecule has 0 spiro atoms. The van der Waals surface area contributed by atoms with E-state index < -0.39 is 6.03 Å². The minimum absolute atomic E-state index is 0.316. The minimum atomic E-state index is -0.403. The molecule has 0 aliphatic rings. The average Bonchev–Trinajstić information content (AvgIpc) is 2.60. The summed E-state index contributed by atoms with van der Waals surface area (Å²) in [6, 6.07) is 16.4. The lowest BCUT2D eigenvalue weighted by atomic mass is 10.2. The number of rotatable bonds is 8. The van der Waals surface area contributed by atoms with Crippen LogP contribution in [0.25, 0.3) is 0 Å². The van der Waals surface area contributed by atoms with Crippen molar-refractivity contribution in [2.75, 3.05) is 20.3 Å². The third-order valence-electron chi connectivity index (χ3n) is 2.96. The lowest BCUT2D eigenvalue weighted by molar-refractivity contribution is 0.0488. The minimum Gasteiger partial charge on any atom is -0.497 e. The number of carbonyl (C=O) groups is 1. The number of hydroxylamine groups is 1. The van der Waals surface area contributed by atoms with Gasteiger partial charge in [-0.1, -0.05) is 30.3 Å². The Labute approximate surface area is 135 Å². The van der Waals surface area contributed by atoms with Crippen LogP contribution in [0.1, 0.15) is 5.56 Å². The Balaban J connectivity index is 1.55. The number of amides is 2. The molecule has 2 rings (SSSR count). The molecule has 0 heterocycles. The molecule has 0 saturated heterocycles. The lowest BCUT2D eigenvalue weighted by Crippen LogP contribution is -2.37. The normalized spacial score (nSPS) is 9.96. The Morgan fingerprint density at radius 3 is 2.39 bits per heavy atom. The van der Waals surface area contributed by atoms with Crippen molar-refractivity contribution in [2.24, 2.45) is 0 Å². The fourth-order valence-corrected chi connectivity index (χ4v) is 1.80. The maximum absolute atomic E-state index is 11.5. The topological polar surface area (TPSA) is 68.8 Å². The van der Waals surface area contributed by atoms with Crippen LogP contribution in [0.2, 0.25) is 0 Å². The number of benzene rings is 2. The second kappa shape index (κ2) is 9.32. The van der Waals surface area contributed by atoms with Gasteiger partial charge in [0.05, 0.1) is 20.3 Å². The number of urea groups is 1. The van der Waals surface area contributed by atoms with Crippen LogP contribution in [0, 0.1) is 0 Å². The summed E-state index contributed by atoms with van der Waals surface area (Å²) in [5.41, 5.74) is 3.30. The molecule has 0 aliphatic heterocycles. The number of hydrogen-bond donors (Lipinski definition) is 2. The number of nitrogens with one attached hydrogen (secondary N) is 2. The van der Waals surface area contributed by atoms with Gasteiger partial charge in [-0.05, 0) is 29.8 Å². The first kappa shape index (κ1) is 16.6. The molecule has 2 aromatic rings. The molecule has 122 valence electrons. The summed E-state index contributed by atoms with van der Waals surface area (Å²) < 4.78 is 10.6. The fourth-order valence-electron chi connectivity index (χ4n) is 1.80. The molecule has 0 bridgehead atoms. The van der Waals surface area contributed by atoms with E-state index in [1.54, 1.807) is 7.11 Å². The number of methoxy groups -OCH3 is 1. The van der Waals surface area contributed by atoms with E-state index in [2.05, 4.69) is 10.8 Å². The maximum atomic E-state index is 11.5. The standard InChI is InChI=1S/C17H20N2O4/c1-21-15-7-9-16(10-8-15)22-12-11-18-17(20)19-23-13-14-5-3-2-4-6-14/h2-10H,11-13H2,1H3,(H2,18,19,20). The van der Waals surface area contributed by atoms with Crippen LogP contribution < -0.4 is 20.3 Å². The highest BCUT2D eigenvalue weighted by atomic mass is 16.7. The second-order valence-corrected chi connectivity index (χ2v) is 4.66. The highest BCUT2D eigenvalue weighted by molar-refractivity contribution is 5.72. The van der Waals surface area contributed by atoms with Crippen LogP contribution in [0.5, 0.6) is 11.5 Å². The van der Waals surface area contributed by atoms with Gasteiger partial charge >= 0.3 is 6.03 Å². The summed E-state index contributed by atoms with van der Waals surface area (Å²) in [5.74, 6) is 1.48. The van der Waals surface area contributed by atoms with E-state index in [0.29, 0.717) is 25.5 Å². The van der Waals surface area contributed by atoms with E-state index >= 15 is 0 Å². The molecule has 2 N–H and O–H groups in total. The largest absolute Gasteiger partial charge is 0.497 e. The zero-order valence-electron chi connectivity index (χ0n) is 13.0. The molecule has 0 saturated carbocycles. The van der Waals surface area contributed by atoms with Gasteiger partial charge in [0.15, 0.2) is 0 Å². The van der Waals surface area contributed by atoms with E-state index in [1.807, 2.05) is 54.6 Å². The Morgan fingerprint density at radius 1 is 1.00 bits per heavy atom. The molecule has 0 aromatic heterocycles. The summed E-state index contributed by atoms with van der Waals surface area (Å²) >= 11 is 0. The van der Waals surface area contributed by atoms with Gasteiger partial charge in [0.1, 0.15) is 18.1 Å². The Hall–Kier alpha value is -2.73. The summed E-state index contributed by atoms with van der Waals surface area (Å²) in [6.07, 6.45) is 0. The van der Waals surface area contributed by atoms with Crippen molar-refractivity contribution in [1.82, 2.24) is 10.8 Å². The van der Waals surface area contributed by atoms with E-state index in [0.717, 1.165) is 11.3 Å². The number of ether oxygens (including phenoxy) is 2. The molecule has 6 heteroatoms. The van der Waals surface area contributed by atoms with Crippen LogP contribution in [0.4, 0.5) is 4.79 Å². The Bertz CT molecular complexity index is 587. The van der Waals surface area contributed by atoms with Gasteiger partial charge in [-0.3, -0.25) is 4.84 Å². The van der Waals surface area contributed by atoms with Crippen molar-refractivity contribution < 1.29 is 19.1 Å². The third kappa shape index (κ3) is 6.27. The van der Waals surface area contributed by atoms with Gasteiger partial charge in [0, 0.05) is 0 Å². The van der Waals surface area contributed by atoms with E-state index in [9.17, 15) is 4.79 Å². The number of hydrogen-bond acceptors (Lipinski definition) is 4. The Morgan fingerprint density at radius 2 is 1.70 bits per heavy atom. The van der Waals surface area contributed by atoms with Crippen molar-refractivity contribution in [3.63, 3.8) is 0 Å². The lowest BCUT2D eigenvalue weighted by Gasteiger charge is -2.09. The van der Waals surface area contributed by atoms with Gasteiger partial charge in [-0.2, -0.15) is 0 Å². The predicted octanol–water partition coefficient (Wildman–Crippen LogP) is 2.51. The molecule has 0 radical (unpaired) electrons. The van der Waals surface area contributed by atoms with Crippen LogP contribution in [-0.2, 0) is 11.4 Å². The zero-order chi connectivity index (χ0) is 16.3. The summed E-state index contributed by atoms with van der Waals surface area (Å²) in [6.45, 7) is 1.04. The smallest absolute Gasteiger partial charge is 0.338 e. The monoisotopic (exact) mass is 316 g/mol. The molecule has 23 heavy (non-hydrogen) atoms. The molecule has 0 atom stereocenters. The first-order valence-electron chi connectivity index (χ1n) is 7.24. The molecule has 0 aliphatic carbocycles. The quantitative estimate of drug-likeness (QED) is 0.580. The van der Waals surface area contributed by atoms with Crippen molar-refractivity contribution in [3.05, 3.63) is 60.2 Å². The van der Waals surface area contributed by atoms with Crippen LogP contribution in [0.3, 0.4) is 0 Å². The average molecular weight is 316 g/mol. The summed E-state index contributed by atoms with van der Waals surface area (Å²) in [5, 5.41) is 2.64. The van der Waals surface area contributed by atoms with Crippen LogP contribution in [-0.4, -0.2) is 26.3 Å². The summed E-state index contributed by atoms with van der Waals surface area (Å²) in [7, 11) is 1.61. The highest BCUT2D eigenvalue weighted by Crippen LogP contribution is 2.16. The van der Waals surface area contributed by atoms with Crippen molar-refractivity contribution in [2.45, 2.75) is 6.61 Å². The van der Waals surface area contributed by atoms with Crippen LogP contribution in [0.15, 0.2) is 54.6 Å². The van der Waals surface area contributed by atoms with Gasteiger partial charge in [0.2, 0.25) is 0 Å². The molecule has 6 nitrogen and oxygen atoms in total. The second-order valence-electron chi connectivity index (χ2n) is 4.66. The van der Waals surface area contributed by atoms with Crippen molar-refractivity contribution in [1.29, 1.82) is 0 Å². The molecule has 0 fully saturated rings. The highest BCUT2D eigenvalue weighted by Gasteiger charge is 2.00. The molecule has 2 amide bonds. The first-order chi connectivity index (χ1) is 11.3. The van der Waals surface area contributed by atoms with Crippen molar-refractivity contribution >= 4 is 6.03 Å². The van der Waals surface area contributed by atoms with Gasteiger partial charge < -0.3 is 14.8 Å². The molecule has 0 unspecified atom stereocenters. The summed E-state index contributed by atoms with van der Waals surface area (Å²) in [4.78, 5) is 16.6. The SMILES string of the molecule is COc1ccc(OCCNC(=O)NOCc2ccccc2)cc1. The van der Waals surface area contributed by atoms with E-state index in [-0.39, 0.29) is 0 Å². The third-order valence-corrected chi connectivity index (χ3v) is 2.96. The fraction of sp³-hybridized carbons (Fsp3) is 0.235. The zero-order valence-corrected chi connectivity index (χ0v) is 13.0.